The summed E-state index contributed by atoms with van der Waals surface area (Å²) >= 11 is 7.49. The Morgan fingerprint density at radius 1 is 1.28 bits per heavy atom. The van der Waals surface area contributed by atoms with E-state index in [9.17, 15) is 4.79 Å². The van der Waals surface area contributed by atoms with E-state index in [0.29, 0.717) is 35.1 Å². The third-order valence-electron chi connectivity index (χ3n) is 3.77. The molecule has 0 bridgehead atoms. The molecule has 0 saturated heterocycles. The third-order valence-corrected chi connectivity index (χ3v) is 5.05. The number of amides is 1. The van der Waals surface area contributed by atoms with E-state index in [0.717, 1.165) is 10.2 Å². The number of hydrogen-bond acceptors (Lipinski definition) is 3. The van der Waals surface area contributed by atoms with Crippen LogP contribution in [0.2, 0.25) is 5.02 Å². The van der Waals surface area contributed by atoms with Gasteiger partial charge >= 0.3 is 0 Å². The second-order valence-electron chi connectivity index (χ2n) is 5.63. The quantitative estimate of drug-likeness (QED) is 0.619. The summed E-state index contributed by atoms with van der Waals surface area (Å²) in [7, 11) is 0. The van der Waals surface area contributed by atoms with Crippen molar-refractivity contribution in [2.24, 2.45) is 4.99 Å². The molecule has 2 aromatic carbocycles. The number of fused-ring (bicyclic) bond motifs is 1. The average molecular weight is 375 g/mol. The van der Waals surface area contributed by atoms with Gasteiger partial charge in [0.25, 0.3) is 5.91 Å². The zero-order chi connectivity index (χ0) is 17.8. The van der Waals surface area contributed by atoms with Crippen LogP contribution in [0.25, 0.3) is 10.2 Å². The summed E-state index contributed by atoms with van der Waals surface area (Å²) in [6.07, 6.45) is 0. The fourth-order valence-electron chi connectivity index (χ4n) is 2.55. The van der Waals surface area contributed by atoms with Crippen LogP contribution in [0.15, 0.2) is 47.5 Å². The first-order valence-corrected chi connectivity index (χ1v) is 9.30. The van der Waals surface area contributed by atoms with E-state index in [1.807, 2.05) is 11.5 Å². The van der Waals surface area contributed by atoms with Crippen molar-refractivity contribution in [1.29, 1.82) is 0 Å². The largest absolute Gasteiger partial charge is 0.380 e. The van der Waals surface area contributed by atoms with Crippen molar-refractivity contribution in [3.05, 3.63) is 63.4 Å². The van der Waals surface area contributed by atoms with Gasteiger partial charge in [0, 0.05) is 23.7 Å². The van der Waals surface area contributed by atoms with Crippen LogP contribution in [-0.4, -0.2) is 23.7 Å². The SMILES string of the molecule is CCOCCn1c(=NC(=O)c2cccc(Cl)c2)sc2cc(C)ccc21. The van der Waals surface area contributed by atoms with Gasteiger partial charge in [0.05, 0.1) is 16.8 Å². The average Bonchev–Trinajstić information content (AvgIpc) is 2.91. The number of nitrogens with zero attached hydrogens (tertiary/aromatic N) is 2. The summed E-state index contributed by atoms with van der Waals surface area (Å²) in [4.78, 5) is 17.5. The minimum Gasteiger partial charge on any atom is -0.380 e. The first-order chi connectivity index (χ1) is 12.1. The molecule has 25 heavy (non-hydrogen) atoms. The van der Waals surface area contributed by atoms with Gasteiger partial charge in [-0.2, -0.15) is 4.99 Å². The van der Waals surface area contributed by atoms with Crippen LogP contribution in [0.3, 0.4) is 0 Å². The molecule has 0 aliphatic rings. The highest BCUT2D eigenvalue weighted by atomic mass is 35.5. The number of hydrogen-bond donors (Lipinski definition) is 0. The van der Waals surface area contributed by atoms with Crippen molar-refractivity contribution in [1.82, 2.24) is 4.57 Å². The standard InChI is InChI=1S/C19H19ClN2O2S/c1-3-24-10-9-22-16-8-7-13(2)11-17(16)25-19(22)21-18(23)14-5-4-6-15(20)12-14/h4-8,11-12H,3,9-10H2,1-2H3. The lowest BCUT2D eigenvalue weighted by atomic mass is 10.2. The molecule has 0 N–H and O–H groups in total. The number of thiazole rings is 1. The van der Waals surface area contributed by atoms with E-state index in [1.54, 1.807) is 24.3 Å². The number of carbonyl (C=O) groups is 1. The molecule has 1 heterocycles. The van der Waals surface area contributed by atoms with Gasteiger partial charge < -0.3 is 9.30 Å². The Balaban J connectivity index is 2.06. The molecule has 1 amide bonds. The number of aromatic nitrogens is 1. The minimum absolute atomic E-state index is 0.295. The van der Waals surface area contributed by atoms with Crippen molar-refractivity contribution in [2.75, 3.05) is 13.2 Å². The summed E-state index contributed by atoms with van der Waals surface area (Å²) in [5.74, 6) is -0.295. The number of ether oxygens (including phenoxy) is 1. The van der Waals surface area contributed by atoms with E-state index >= 15 is 0 Å². The van der Waals surface area contributed by atoms with Crippen LogP contribution in [0.1, 0.15) is 22.8 Å². The monoisotopic (exact) mass is 374 g/mol. The number of halogens is 1. The maximum atomic E-state index is 12.5. The van der Waals surface area contributed by atoms with Crippen LogP contribution in [0.5, 0.6) is 0 Å². The Kier molecular flexibility index (Phi) is 5.68. The number of rotatable bonds is 5. The summed E-state index contributed by atoms with van der Waals surface area (Å²) < 4.78 is 8.62. The predicted molar refractivity (Wildman–Crippen MR) is 102 cm³/mol. The van der Waals surface area contributed by atoms with E-state index in [1.165, 1.54) is 16.9 Å². The van der Waals surface area contributed by atoms with Crippen LogP contribution >= 0.6 is 22.9 Å². The summed E-state index contributed by atoms with van der Waals surface area (Å²) in [6, 6.07) is 13.1. The second kappa shape index (κ2) is 7.95. The molecule has 1 aromatic heterocycles. The molecule has 0 unspecified atom stereocenters. The van der Waals surface area contributed by atoms with Crippen molar-refractivity contribution in [3.63, 3.8) is 0 Å². The molecule has 0 saturated carbocycles. The molecule has 0 fully saturated rings. The Morgan fingerprint density at radius 3 is 2.88 bits per heavy atom. The van der Waals surface area contributed by atoms with Gasteiger partial charge in [-0.3, -0.25) is 4.79 Å². The van der Waals surface area contributed by atoms with Gasteiger partial charge in [0.15, 0.2) is 4.80 Å². The van der Waals surface area contributed by atoms with Crippen molar-refractivity contribution >= 4 is 39.1 Å². The fourth-order valence-corrected chi connectivity index (χ4v) is 3.90. The topological polar surface area (TPSA) is 43.6 Å². The maximum absolute atomic E-state index is 12.5. The van der Waals surface area contributed by atoms with Crippen LogP contribution in [-0.2, 0) is 11.3 Å². The van der Waals surface area contributed by atoms with Gasteiger partial charge in [0.2, 0.25) is 0 Å². The van der Waals surface area contributed by atoms with Gasteiger partial charge in [-0.05, 0) is 49.7 Å². The Labute approximate surface area is 155 Å². The molecule has 4 nitrogen and oxygen atoms in total. The number of benzene rings is 2. The van der Waals surface area contributed by atoms with Crippen LogP contribution in [0, 0.1) is 6.92 Å². The Morgan fingerprint density at radius 2 is 2.12 bits per heavy atom. The fraction of sp³-hybridized carbons (Fsp3) is 0.263. The molecule has 3 aromatic rings. The lowest BCUT2D eigenvalue weighted by Gasteiger charge is -2.05. The molecule has 0 radical (unpaired) electrons. The smallest absolute Gasteiger partial charge is 0.279 e. The molecule has 0 aliphatic heterocycles. The normalized spacial score (nSPS) is 12.0. The summed E-state index contributed by atoms with van der Waals surface area (Å²) in [5.41, 5.74) is 2.73. The highest BCUT2D eigenvalue weighted by molar-refractivity contribution is 7.16. The van der Waals surface area contributed by atoms with Gasteiger partial charge in [0.1, 0.15) is 0 Å². The lowest BCUT2D eigenvalue weighted by molar-refractivity contribution is 0.0996. The van der Waals surface area contributed by atoms with Gasteiger partial charge in [-0.1, -0.05) is 35.1 Å². The highest BCUT2D eigenvalue weighted by Crippen LogP contribution is 2.19. The molecule has 3 rings (SSSR count). The highest BCUT2D eigenvalue weighted by Gasteiger charge is 2.10. The first kappa shape index (κ1) is 17.9. The summed E-state index contributed by atoms with van der Waals surface area (Å²) in [5, 5.41) is 0.525. The van der Waals surface area contributed by atoms with Gasteiger partial charge in [-0.25, -0.2) is 0 Å². The molecule has 6 heteroatoms. The minimum atomic E-state index is -0.295. The van der Waals surface area contributed by atoms with E-state index in [2.05, 4.69) is 30.1 Å². The van der Waals surface area contributed by atoms with Crippen LogP contribution in [0.4, 0.5) is 0 Å². The molecule has 0 aliphatic carbocycles. The summed E-state index contributed by atoms with van der Waals surface area (Å²) in [6.45, 7) is 5.91. The maximum Gasteiger partial charge on any atom is 0.279 e. The van der Waals surface area contributed by atoms with E-state index in [4.69, 9.17) is 16.3 Å². The zero-order valence-corrected chi connectivity index (χ0v) is 15.7. The molecular formula is C19H19ClN2O2S. The Hall–Kier alpha value is -1.95. The molecular weight excluding hydrogens is 356 g/mol. The second-order valence-corrected chi connectivity index (χ2v) is 7.08. The van der Waals surface area contributed by atoms with Crippen LogP contribution < -0.4 is 4.80 Å². The van der Waals surface area contributed by atoms with Crippen molar-refractivity contribution in [2.45, 2.75) is 20.4 Å². The Bertz CT molecular complexity index is 975. The zero-order valence-electron chi connectivity index (χ0n) is 14.2. The third kappa shape index (κ3) is 4.18. The van der Waals surface area contributed by atoms with E-state index in [-0.39, 0.29) is 5.91 Å². The molecule has 0 atom stereocenters. The molecule has 130 valence electrons. The molecule has 0 spiro atoms. The number of aryl methyl sites for hydroxylation is 1. The number of carbonyl (C=O) groups excluding carboxylic acids is 1. The first-order valence-electron chi connectivity index (χ1n) is 8.11. The van der Waals surface area contributed by atoms with Crippen molar-refractivity contribution < 1.29 is 9.53 Å². The van der Waals surface area contributed by atoms with Crippen molar-refractivity contribution in [3.8, 4) is 0 Å². The van der Waals surface area contributed by atoms with Gasteiger partial charge in [-0.15, -0.1) is 0 Å². The van der Waals surface area contributed by atoms with E-state index < -0.39 is 0 Å². The predicted octanol–water partition coefficient (Wildman–Crippen LogP) is 4.44. The lowest BCUT2D eigenvalue weighted by Crippen LogP contribution is -2.19.